The highest BCUT2D eigenvalue weighted by molar-refractivity contribution is 5.91. The lowest BCUT2D eigenvalue weighted by Crippen LogP contribution is -2.46. The molecule has 7 nitrogen and oxygen atoms in total. The fourth-order valence-electron chi connectivity index (χ4n) is 3.12. The zero-order valence-electron chi connectivity index (χ0n) is 13.6. The largest absolute Gasteiger partial charge is 0.475 e. The quantitative estimate of drug-likeness (QED) is 0.781. The first-order chi connectivity index (χ1) is 12.2. The van der Waals surface area contributed by atoms with Crippen LogP contribution in [-0.4, -0.2) is 52.1 Å². The van der Waals surface area contributed by atoms with Crippen LogP contribution >= 0.6 is 0 Å². The van der Waals surface area contributed by atoms with E-state index in [2.05, 4.69) is 19.8 Å². The van der Waals surface area contributed by atoms with Crippen molar-refractivity contribution in [1.82, 2.24) is 14.9 Å². The molecule has 1 fully saturated rings. The van der Waals surface area contributed by atoms with Gasteiger partial charge in [-0.3, -0.25) is 4.90 Å². The van der Waals surface area contributed by atoms with Crippen molar-refractivity contribution in [3.8, 4) is 0 Å². The second-order valence-electron chi connectivity index (χ2n) is 6.10. The van der Waals surface area contributed by atoms with Gasteiger partial charge >= 0.3 is 5.97 Å². The molecule has 0 aliphatic carbocycles. The van der Waals surface area contributed by atoms with Gasteiger partial charge < -0.3 is 14.4 Å². The summed E-state index contributed by atoms with van der Waals surface area (Å²) in [7, 11) is 0. The molecule has 3 aromatic rings. The fourth-order valence-corrected chi connectivity index (χ4v) is 3.12. The highest BCUT2D eigenvalue weighted by atomic mass is 16.4. The van der Waals surface area contributed by atoms with Crippen LogP contribution in [-0.2, 0) is 6.54 Å². The van der Waals surface area contributed by atoms with Crippen molar-refractivity contribution in [1.29, 1.82) is 0 Å². The van der Waals surface area contributed by atoms with Gasteiger partial charge in [0.2, 0.25) is 11.7 Å². The molecule has 0 spiro atoms. The smallest absolute Gasteiger partial charge is 0.371 e. The van der Waals surface area contributed by atoms with Crippen LogP contribution in [0.4, 0.5) is 5.95 Å². The summed E-state index contributed by atoms with van der Waals surface area (Å²) in [5, 5.41) is 9.84. The molecule has 3 heterocycles. The summed E-state index contributed by atoms with van der Waals surface area (Å²) in [4.78, 5) is 24.2. The summed E-state index contributed by atoms with van der Waals surface area (Å²) in [5.74, 6) is -0.288. The van der Waals surface area contributed by atoms with E-state index in [1.165, 1.54) is 0 Å². The van der Waals surface area contributed by atoms with Gasteiger partial charge in [0.25, 0.3) is 0 Å². The van der Waals surface area contributed by atoms with Crippen molar-refractivity contribution in [2.45, 2.75) is 6.54 Å². The topological polar surface area (TPSA) is 82.7 Å². The number of fused-ring (bicyclic) bond motifs is 1. The molecular weight excluding hydrogens is 320 g/mol. The Balaban J connectivity index is 1.41. The minimum atomic E-state index is -1.04. The number of hydrogen-bond donors (Lipinski definition) is 1. The fraction of sp³-hybridized carbons (Fsp3) is 0.278. The van der Waals surface area contributed by atoms with Gasteiger partial charge in [0.1, 0.15) is 5.58 Å². The van der Waals surface area contributed by atoms with Crippen LogP contribution in [0.3, 0.4) is 0 Å². The molecule has 4 rings (SSSR count). The standard InChI is InChI=1S/C18H18N4O3/c23-17(24)16-11-14-10-13(2-3-15(14)25-16)12-21-6-8-22(9-7-21)18-19-4-1-5-20-18/h1-5,10-11H,6-9,12H2,(H,23,24). The minimum absolute atomic E-state index is 0.0244. The number of hydrogen-bond acceptors (Lipinski definition) is 6. The maximum absolute atomic E-state index is 11.0. The Morgan fingerprint density at radius 1 is 1.12 bits per heavy atom. The van der Waals surface area contributed by atoms with E-state index in [0.29, 0.717) is 5.58 Å². The van der Waals surface area contributed by atoms with Gasteiger partial charge in [0.05, 0.1) is 0 Å². The monoisotopic (exact) mass is 338 g/mol. The Hall–Kier alpha value is -2.93. The lowest BCUT2D eigenvalue weighted by molar-refractivity contribution is 0.0665. The predicted molar refractivity (Wildman–Crippen MR) is 92.7 cm³/mol. The maximum atomic E-state index is 11.0. The molecule has 7 heteroatoms. The number of carboxylic acid groups (broad SMARTS) is 1. The van der Waals surface area contributed by atoms with Gasteiger partial charge in [-0.15, -0.1) is 0 Å². The Kier molecular flexibility index (Phi) is 4.07. The molecule has 2 aromatic heterocycles. The Morgan fingerprint density at radius 2 is 1.88 bits per heavy atom. The van der Waals surface area contributed by atoms with Gasteiger partial charge in [-0.2, -0.15) is 0 Å². The number of benzene rings is 1. The van der Waals surface area contributed by atoms with Gasteiger partial charge in [-0.05, 0) is 29.8 Å². The third-order valence-corrected chi connectivity index (χ3v) is 4.40. The highest BCUT2D eigenvalue weighted by Gasteiger charge is 2.19. The van der Waals surface area contributed by atoms with E-state index in [-0.39, 0.29) is 5.76 Å². The zero-order chi connectivity index (χ0) is 17.2. The Bertz CT molecular complexity index is 886. The van der Waals surface area contributed by atoms with Crippen molar-refractivity contribution >= 4 is 22.9 Å². The number of furan rings is 1. The molecule has 1 N–H and O–H groups in total. The van der Waals surface area contributed by atoms with Crippen LogP contribution < -0.4 is 4.90 Å². The molecule has 0 unspecified atom stereocenters. The molecule has 25 heavy (non-hydrogen) atoms. The SMILES string of the molecule is O=C(O)c1cc2cc(CN3CCN(c4ncccn4)CC3)ccc2o1. The number of anilines is 1. The molecular formula is C18H18N4O3. The number of piperazine rings is 1. The number of nitrogens with zero attached hydrogens (tertiary/aromatic N) is 4. The van der Waals surface area contributed by atoms with E-state index in [1.807, 2.05) is 24.3 Å². The third-order valence-electron chi connectivity index (χ3n) is 4.40. The summed E-state index contributed by atoms with van der Waals surface area (Å²) in [6.45, 7) is 4.47. The second kappa shape index (κ2) is 6.52. The molecule has 1 aromatic carbocycles. The normalized spacial score (nSPS) is 15.6. The molecule has 0 atom stereocenters. The van der Waals surface area contributed by atoms with Crippen LogP contribution in [0.2, 0.25) is 0 Å². The van der Waals surface area contributed by atoms with E-state index in [0.717, 1.165) is 49.6 Å². The molecule has 1 saturated heterocycles. The van der Waals surface area contributed by atoms with E-state index in [9.17, 15) is 4.79 Å². The molecule has 0 bridgehead atoms. The Labute approximate surface area is 144 Å². The first-order valence-corrected chi connectivity index (χ1v) is 8.19. The second-order valence-corrected chi connectivity index (χ2v) is 6.10. The molecule has 1 aliphatic heterocycles. The first-order valence-electron chi connectivity index (χ1n) is 8.19. The van der Waals surface area contributed by atoms with E-state index in [4.69, 9.17) is 9.52 Å². The number of aromatic carboxylic acids is 1. The van der Waals surface area contributed by atoms with Crippen molar-refractivity contribution in [2.75, 3.05) is 31.1 Å². The van der Waals surface area contributed by atoms with Gasteiger partial charge in [0.15, 0.2) is 0 Å². The lowest BCUT2D eigenvalue weighted by Gasteiger charge is -2.34. The van der Waals surface area contributed by atoms with Crippen molar-refractivity contribution in [3.63, 3.8) is 0 Å². The van der Waals surface area contributed by atoms with Gasteiger partial charge in [-0.25, -0.2) is 14.8 Å². The van der Waals surface area contributed by atoms with E-state index < -0.39 is 5.97 Å². The lowest BCUT2D eigenvalue weighted by atomic mass is 10.1. The molecule has 0 amide bonds. The van der Waals surface area contributed by atoms with E-state index >= 15 is 0 Å². The number of aromatic nitrogens is 2. The van der Waals surface area contributed by atoms with Gasteiger partial charge in [0, 0.05) is 50.5 Å². The molecule has 0 saturated carbocycles. The van der Waals surface area contributed by atoms with Crippen LogP contribution in [0, 0.1) is 0 Å². The van der Waals surface area contributed by atoms with Crippen LogP contribution in [0.25, 0.3) is 11.0 Å². The highest BCUT2D eigenvalue weighted by Crippen LogP contribution is 2.22. The zero-order valence-corrected chi connectivity index (χ0v) is 13.6. The third kappa shape index (κ3) is 3.32. The van der Waals surface area contributed by atoms with Crippen LogP contribution in [0.1, 0.15) is 16.1 Å². The molecule has 0 radical (unpaired) electrons. The van der Waals surface area contributed by atoms with Crippen molar-refractivity contribution in [3.05, 3.63) is 54.0 Å². The minimum Gasteiger partial charge on any atom is -0.475 e. The summed E-state index contributed by atoms with van der Waals surface area (Å²) in [6, 6.07) is 9.22. The number of carbonyl (C=O) groups is 1. The molecule has 1 aliphatic rings. The Morgan fingerprint density at radius 3 is 2.60 bits per heavy atom. The molecule has 128 valence electrons. The van der Waals surface area contributed by atoms with E-state index in [1.54, 1.807) is 18.5 Å². The maximum Gasteiger partial charge on any atom is 0.371 e. The van der Waals surface area contributed by atoms with Crippen LogP contribution in [0.5, 0.6) is 0 Å². The average molecular weight is 338 g/mol. The average Bonchev–Trinajstić information content (AvgIpc) is 3.07. The van der Waals surface area contributed by atoms with Gasteiger partial charge in [-0.1, -0.05) is 6.07 Å². The van der Waals surface area contributed by atoms with Crippen molar-refractivity contribution < 1.29 is 14.3 Å². The first kappa shape index (κ1) is 15.6. The summed E-state index contributed by atoms with van der Waals surface area (Å²) in [5.41, 5.74) is 1.75. The van der Waals surface area contributed by atoms with Crippen LogP contribution in [0.15, 0.2) is 47.1 Å². The number of rotatable bonds is 4. The number of carboxylic acids is 1. The summed E-state index contributed by atoms with van der Waals surface area (Å²) >= 11 is 0. The summed E-state index contributed by atoms with van der Waals surface area (Å²) in [6.07, 6.45) is 3.53. The summed E-state index contributed by atoms with van der Waals surface area (Å²) < 4.78 is 5.30. The predicted octanol–water partition coefficient (Wildman–Crippen LogP) is 2.24. The van der Waals surface area contributed by atoms with Crippen molar-refractivity contribution in [2.24, 2.45) is 0 Å².